The number of rotatable bonds is 9. The third-order valence-corrected chi connectivity index (χ3v) is 5.99. The number of alkyl carbamates (subject to hydrolysis) is 1. The highest BCUT2D eigenvalue weighted by Crippen LogP contribution is 2.44. The predicted octanol–water partition coefficient (Wildman–Crippen LogP) is 2.66. The van der Waals surface area contributed by atoms with Gasteiger partial charge in [-0.1, -0.05) is 48.5 Å². The van der Waals surface area contributed by atoms with Crippen molar-refractivity contribution in [3.63, 3.8) is 0 Å². The second-order valence-electron chi connectivity index (χ2n) is 8.32. The van der Waals surface area contributed by atoms with Gasteiger partial charge in [-0.25, -0.2) is 4.79 Å². The van der Waals surface area contributed by atoms with Crippen LogP contribution in [0.3, 0.4) is 0 Å². The van der Waals surface area contributed by atoms with Gasteiger partial charge in [0.05, 0.1) is 18.6 Å². The molecule has 0 aromatic heterocycles. The Kier molecular flexibility index (Phi) is 6.14. The normalized spacial score (nSPS) is 16.4. The van der Waals surface area contributed by atoms with E-state index in [1.165, 1.54) is 7.11 Å². The number of aliphatic carboxylic acids is 1. The van der Waals surface area contributed by atoms with Crippen LogP contribution in [-0.2, 0) is 19.1 Å². The van der Waals surface area contributed by atoms with Gasteiger partial charge in [-0.15, -0.1) is 0 Å². The highest BCUT2D eigenvalue weighted by molar-refractivity contribution is 5.90. The van der Waals surface area contributed by atoms with Crippen LogP contribution >= 0.6 is 0 Å². The lowest BCUT2D eigenvalue weighted by atomic mass is 9.98. The van der Waals surface area contributed by atoms with E-state index in [4.69, 9.17) is 9.47 Å². The van der Waals surface area contributed by atoms with Crippen molar-refractivity contribution in [2.45, 2.75) is 36.8 Å². The highest BCUT2D eigenvalue weighted by atomic mass is 16.5. The van der Waals surface area contributed by atoms with Crippen molar-refractivity contribution in [2.24, 2.45) is 0 Å². The Morgan fingerprint density at radius 2 is 1.66 bits per heavy atom. The molecule has 0 radical (unpaired) electrons. The van der Waals surface area contributed by atoms with Crippen molar-refractivity contribution >= 4 is 18.0 Å². The number of hydrogen-bond donors (Lipinski definition) is 3. The van der Waals surface area contributed by atoms with Crippen molar-refractivity contribution in [1.29, 1.82) is 0 Å². The molecule has 2 aliphatic rings. The summed E-state index contributed by atoms with van der Waals surface area (Å²) < 4.78 is 10.6. The molecule has 2 aromatic carbocycles. The lowest BCUT2D eigenvalue weighted by Crippen LogP contribution is -2.52. The first-order valence-corrected chi connectivity index (χ1v) is 10.6. The van der Waals surface area contributed by atoms with E-state index in [1.807, 2.05) is 48.5 Å². The summed E-state index contributed by atoms with van der Waals surface area (Å²) in [7, 11) is 1.54. The summed E-state index contributed by atoms with van der Waals surface area (Å²) in [5.74, 6) is -1.88. The third-order valence-electron chi connectivity index (χ3n) is 5.99. The molecule has 8 nitrogen and oxygen atoms in total. The van der Waals surface area contributed by atoms with Gasteiger partial charge in [0.25, 0.3) is 0 Å². The van der Waals surface area contributed by atoms with Gasteiger partial charge in [-0.05, 0) is 35.1 Å². The molecule has 2 amide bonds. The fraction of sp³-hybridized carbons (Fsp3) is 0.375. The first kappa shape index (κ1) is 21.8. The SMILES string of the molecule is COCC1(NC(=O)C(CC(=O)O)NC(=O)OCC2c3ccccc3-c3ccccc32)CC1. The minimum absolute atomic E-state index is 0.0783. The van der Waals surface area contributed by atoms with Crippen molar-refractivity contribution in [1.82, 2.24) is 10.6 Å². The molecule has 2 aromatic rings. The zero-order valence-corrected chi connectivity index (χ0v) is 17.8. The van der Waals surface area contributed by atoms with Crippen LogP contribution in [0.15, 0.2) is 48.5 Å². The molecule has 1 saturated carbocycles. The lowest BCUT2D eigenvalue weighted by molar-refractivity contribution is -0.140. The summed E-state index contributed by atoms with van der Waals surface area (Å²) in [5.41, 5.74) is 3.86. The molecule has 168 valence electrons. The first-order chi connectivity index (χ1) is 15.4. The summed E-state index contributed by atoms with van der Waals surface area (Å²) in [5, 5.41) is 14.4. The summed E-state index contributed by atoms with van der Waals surface area (Å²) >= 11 is 0. The molecule has 8 heteroatoms. The van der Waals surface area contributed by atoms with E-state index in [0.717, 1.165) is 35.1 Å². The van der Waals surface area contributed by atoms with Crippen LogP contribution < -0.4 is 10.6 Å². The maximum atomic E-state index is 12.6. The fourth-order valence-electron chi connectivity index (χ4n) is 4.25. The largest absolute Gasteiger partial charge is 0.481 e. The van der Waals surface area contributed by atoms with Crippen LogP contribution in [0, 0.1) is 0 Å². The minimum atomic E-state index is -1.24. The Bertz CT molecular complexity index is 987. The molecule has 0 bridgehead atoms. The second kappa shape index (κ2) is 9.00. The minimum Gasteiger partial charge on any atom is -0.481 e. The van der Waals surface area contributed by atoms with Crippen LogP contribution in [-0.4, -0.2) is 55.0 Å². The number of benzene rings is 2. The molecule has 3 N–H and O–H groups in total. The summed E-state index contributed by atoms with van der Waals surface area (Å²) in [6, 6.07) is 14.7. The Labute approximate surface area is 185 Å². The molecule has 4 rings (SSSR count). The van der Waals surface area contributed by atoms with Gasteiger partial charge in [-0.3, -0.25) is 9.59 Å². The number of carbonyl (C=O) groups is 3. The van der Waals surface area contributed by atoms with Crippen molar-refractivity contribution in [2.75, 3.05) is 20.3 Å². The predicted molar refractivity (Wildman–Crippen MR) is 116 cm³/mol. The maximum Gasteiger partial charge on any atom is 0.407 e. The molecule has 1 unspecified atom stereocenters. The van der Waals surface area contributed by atoms with Crippen LogP contribution in [0.1, 0.15) is 36.3 Å². The number of carboxylic acids is 1. The van der Waals surface area contributed by atoms with Crippen molar-refractivity contribution in [3.8, 4) is 11.1 Å². The Morgan fingerprint density at radius 1 is 1.06 bits per heavy atom. The van der Waals surface area contributed by atoms with Gasteiger partial charge in [0.2, 0.25) is 5.91 Å². The van der Waals surface area contributed by atoms with Gasteiger partial charge in [0, 0.05) is 13.0 Å². The monoisotopic (exact) mass is 438 g/mol. The Hall–Kier alpha value is -3.39. The maximum absolute atomic E-state index is 12.6. The van der Waals surface area contributed by atoms with Crippen molar-refractivity contribution < 1.29 is 29.0 Å². The molecule has 1 fully saturated rings. The number of carbonyl (C=O) groups excluding carboxylic acids is 2. The average Bonchev–Trinajstić information content (AvgIpc) is 3.44. The van der Waals surface area contributed by atoms with Gasteiger partial charge >= 0.3 is 12.1 Å². The number of fused-ring (bicyclic) bond motifs is 3. The molecule has 0 saturated heterocycles. The van der Waals surface area contributed by atoms with E-state index in [9.17, 15) is 19.5 Å². The average molecular weight is 438 g/mol. The van der Waals surface area contributed by atoms with Crippen LogP contribution in [0.2, 0.25) is 0 Å². The summed E-state index contributed by atoms with van der Waals surface area (Å²) in [6.07, 6.45) is 0.123. The van der Waals surface area contributed by atoms with E-state index < -0.39 is 36.0 Å². The molecule has 1 atom stereocenters. The number of ether oxygens (including phenoxy) is 2. The number of amides is 2. The molecule has 0 heterocycles. The van der Waals surface area contributed by atoms with Crippen LogP contribution in [0.4, 0.5) is 4.79 Å². The lowest BCUT2D eigenvalue weighted by Gasteiger charge is -2.22. The zero-order chi connectivity index (χ0) is 22.7. The van der Waals surface area contributed by atoms with Crippen LogP contribution in [0.25, 0.3) is 11.1 Å². The molecule has 32 heavy (non-hydrogen) atoms. The smallest absolute Gasteiger partial charge is 0.407 e. The summed E-state index contributed by atoms with van der Waals surface area (Å²) in [4.78, 5) is 36.4. The van der Waals surface area contributed by atoms with Crippen molar-refractivity contribution in [3.05, 3.63) is 59.7 Å². The third kappa shape index (κ3) is 4.60. The molecule has 2 aliphatic carbocycles. The van der Waals surface area contributed by atoms with Gasteiger partial charge in [-0.2, -0.15) is 0 Å². The van der Waals surface area contributed by atoms with E-state index in [1.54, 1.807) is 0 Å². The molecular formula is C24H26N2O6. The van der Waals surface area contributed by atoms with E-state index in [0.29, 0.717) is 6.61 Å². The van der Waals surface area contributed by atoms with E-state index >= 15 is 0 Å². The standard InChI is InChI=1S/C24H26N2O6/c1-31-14-24(10-11-24)26-22(29)20(12-21(27)28)25-23(30)32-13-19-17-8-4-2-6-15(17)16-7-3-5-9-18(16)19/h2-9,19-20H,10-14H2,1H3,(H,25,30)(H,26,29)(H,27,28). The van der Waals surface area contributed by atoms with E-state index in [2.05, 4.69) is 10.6 Å². The van der Waals surface area contributed by atoms with Crippen LogP contribution in [0.5, 0.6) is 0 Å². The quantitative estimate of drug-likeness (QED) is 0.555. The summed E-state index contributed by atoms with van der Waals surface area (Å²) in [6.45, 7) is 0.415. The van der Waals surface area contributed by atoms with Gasteiger partial charge < -0.3 is 25.2 Å². The Morgan fingerprint density at radius 3 is 2.19 bits per heavy atom. The highest BCUT2D eigenvalue weighted by Gasteiger charge is 2.45. The number of nitrogens with one attached hydrogen (secondary N) is 2. The number of carboxylic acid groups (broad SMARTS) is 1. The molecule has 0 spiro atoms. The topological polar surface area (TPSA) is 114 Å². The molecular weight excluding hydrogens is 412 g/mol. The first-order valence-electron chi connectivity index (χ1n) is 10.6. The number of methoxy groups -OCH3 is 1. The fourth-order valence-corrected chi connectivity index (χ4v) is 4.25. The number of hydrogen-bond acceptors (Lipinski definition) is 5. The molecule has 0 aliphatic heterocycles. The zero-order valence-electron chi connectivity index (χ0n) is 17.8. The van der Waals surface area contributed by atoms with E-state index in [-0.39, 0.29) is 12.5 Å². The van der Waals surface area contributed by atoms with Gasteiger partial charge in [0.1, 0.15) is 12.6 Å². The second-order valence-corrected chi connectivity index (χ2v) is 8.32. The Balaban J connectivity index is 1.41. The van der Waals surface area contributed by atoms with Gasteiger partial charge in [0.15, 0.2) is 0 Å².